The summed E-state index contributed by atoms with van der Waals surface area (Å²) in [6, 6.07) is 10.5. The summed E-state index contributed by atoms with van der Waals surface area (Å²) in [5.41, 5.74) is 0.991. The van der Waals surface area contributed by atoms with E-state index in [2.05, 4.69) is 24.3 Å². The molecular formula is C17H22O2. The Balaban J connectivity index is 1.47. The van der Waals surface area contributed by atoms with Crippen molar-refractivity contribution in [3.63, 3.8) is 0 Å². The Morgan fingerprint density at radius 3 is 2.47 bits per heavy atom. The topological polar surface area (TPSA) is 37.3 Å². The molecule has 2 fully saturated rings. The maximum absolute atomic E-state index is 11.6. The van der Waals surface area contributed by atoms with E-state index in [9.17, 15) is 9.90 Å². The lowest BCUT2D eigenvalue weighted by Gasteiger charge is -2.25. The molecule has 0 radical (unpaired) electrons. The number of aryl methyl sites for hydroxylation is 1. The number of fused-ring (bicyclic) bond motifs is 1. The summed E-state index contributed by atoms with van der Waals surface area (Å²) >= 11 is 0. The number of carboxylic acid groups (broad SMARTS) is 1. The fraction of sp³-hybridized carbons (Fsp3) is 0.588. The van der Waals surface area contributed by atoms with E-state index in [1.54, 1.807) is 0 Å². The third-order valence-electron chi connectivity index (χ3n) is 5.04. The lowest BCUT2D eigenvalue weighted by Crippen LogP contribution is -2.29. The van der Waals surface area contributed by atoms with Crippen molar-refractivity contribution in [1.29, 1.82) is 0 Å². The number of rotatable bonds is 6. The SMILES string of the molecule is O=C(O)C1(CCCCc2ccccc2)CC2CC2C1. The van der Waals surface area contributed by atoms with Gasteiger partial charge < -0.3 is 5.11 Å². The molecule has 0 heterocycles. The Morgan fingerprint density at radius 2 is 1.84 bits per heavy atom. The van der Waals surface area contributed by atoms with Gasteiger partial charge in [-0.05, 0) is 55.9 Å². The molecule has 2 aliphatic rings. The van der Waals surface area contributed by atoms with Gasteiger partial charge in [-0.2, -0.15) is 0 Å². The minimum atomic E-state index is -0.542. The molecule has 1 aromatic carbocycles. The van der Waals surface area contributed by atoms with E-state index >= 15 is 0 Å². The van der Waals surface area contributed by atoms with Crippen molar-refractivity contribution in [2.45, 2.75) is 44.9 Å². The summed E-state index contributed by atoms with van der Waals surface area (Å²) in [7, 11) is 0. The van der Waals surface area contributed by atoms with Gasteiger partial charge in [0.15, 0.2) is 0 Å². The molecule has 1 aromatic rings. The normalized spacial score (nSPS) is 32.0. The lowest BCUT2D eigenvalue weighted by atomic mass is 9.78. The maximum atomic E-state index is 11.6. The summed E-state index contributed by atoms with van der Waals surface area (Å²) < 4.78 is 0. The van der Waals surface area contributed by atoms with Crippen molar-refractivity contribution < 1.29 is 9.90 Å². The molecule has 2 atom stereocenters. The van der Waals surface area contributed by atoms with E-state index in [0.717, 1.165) is 50.4 Å². The van der Waals surface area contributed by atoms with Gasteiger partial charge in [0.2, 0.25) is 0 Å². The molecule has 0 aliphatic heterocycles. The summed E-state index contributed by atoms with van der Waals surface area (Å²) in [6.45, 7) is 0. The predicted molar refractivity (Wildman–Crippen MR) is 74.9 cm³/mol. The molecule has 2 unspecified atom stereocenters. The molecule has 3 rings (SSSR count). The van der Waals surface area contributed by atoms with Crippen molar-refractivity contribution in [3.8, 4) is 0 Å². The van der Waals surface area contributed by atoms with Crippen molar-refractivity contribution >= 4 is 5.97 Å². The largest absolute Gasteiger partial charge is 0.481 e. The highest BCUT2D eigenvalue weighted by molar-refractivity contribution is 5.75. The average molecular weight is 258 g/mol. The van der Waals surface area contributed by atoms with Crippen LogP contribution in [0.3, 0.4) is 0 Å². The van der Waals surface area contributed by atoms with Crippen LogP contribution in [0.25, 0.3) is 0 Å². The van der Waals surface area contributed by atoms with E-state index in [-0.39, 0.29) is 5.41 Å². The Labute approximate surface area is 114 Å². The first kappa shape index (κ1) is 12.7. The highest BCUT2D eigenvalue weighted by atomic mass is 16.4. The van der Waals surface area contributed by atoms with Crippen LogP contribution in [0.1, 0.15) is 44.1 Å². The average Bonchev–Trinajstić information content (AvgIpc) is 3.03. The number of aliphatic carboxylic acids is 1. The molecule has 19 heavy (non-hydrogen) atoms. The molecule has 2 saturated carbocycles. The van der Waals surface area contributed by atoms with Gasteiger partial charge in [0, 0.05) is 0 Å². The van der Waals surface area contributed by atoms with Crippen LogP contribution in [0.5, 0.6) is 0 Å². The van der Waals surface area contributed by atoms with E-state index in [4.69, 9.17) is 0 Å². The second-order valence-electron chi connectivity index (χ2n) is 6.44. The second-order valence-corrected chi connectivity index (χ2v) is 6.44. The van der Waals surface area contributed by atoms with E-state index < -0.39 is 5.97 Å². The first-order valence-corrected chi connectivity index (χ1v) is 7.47. The zero-order valence-electron chi connectivity index (χ0n) is 11.3. The first-order chi connectivity index (χ1) is 9.20. The summed E-state index contributed by atoms with van der Waals surface area (Å²) in [5.74, 6) is 0.940. The van der Waals surface area contributed by atoms with Crippen molar-refractivity contribution in [2.75, 3.05) is 0 Å². The second kappa shape index (κ2) is 4.99. The van der Waals surface area contributed by atoms with Crippen LogP contribution >= 0.6 is 0 Å². The van der Waals surface area contributed by atoms with Crippen molar-refractivity contribution in [2.24, 2.45) is 17.3 Å². The maximum Gasteiger partial charge on any atom is 0.309 e. The number of carboxylic acids is 1. The molecule has 0 bridgehead atoms. The number of unbranched alkanes of at least 4 members (excludes halogenated alkanes) is 1. The molecular weight excluding hydrogens is 236 g/mol. The van der Waals surface area contributed by atoms with E-state index in [1.807, 2.05) is 6.07 Å². The van der Waals surface area contributed by atoms with Crippen LogP contribution < -0.4 is 0 Å². The molecule has 0 aromatic heterocycles. The summed E-state index contributed by atoms with van der Waals surface area (Å²) in [5, 5.41) is 9.52. The quantitative estimate of drug-likeness (QED) is 0.786. The lowest BCUT2D eigenvalue weighted by molar-refractivity contribution is -0.149. The van der Waals surface area contributed by atoms with Gasteiger partial charge in [-0.25, -0.2) is 0 Å². The van der Waals surface area contributed by atoms with Gasteiger partial charge in [0.1, 0.15) is 0 Å². The van der Waals surface area contributed by atoms with E-state index in [0.29, 0.717) is 0 Å². The first-order valence-electron chi connectivity index (χ1n) is 7.47. The van der Waals surface area contributed by atoms with Gasteiger partial charge in [0.25, 0.3) is 0 Å². The fourth-order valence-corrected chi connectivity index (χ4v) is 3.82. The van der Waals surface area contributed by atoms with Crippen molar-refractivity contribution in [3.05, 3.63) is 35.9 Å². The van der Waals surface area contributed by atoms with Crippen LogP contribution in [0.4, 0.5) is 0 Å². The number of benzene rings is 1. The number of carbonyl (C=O) groups is 1. The van der Waals surface area contributed by atoms with Gasteiger partial charge in [-0.1, -0.05) is 36.8 Å². The van der Waals surface area contributed by atoms with Crippen LogP contribution in [0.15, 0.2) is 30.3 Å². The summed E-state index contributed by atoms with van der Waals surface area (Å²) in [6.07, 6.45) is 7.27. The van der Waals surface area contributed by atoms with Crippen LogP contribution in [-0.4, -0.2) is 11.1 Å². The Morgan fingerprint density at radius 1 is 1.16 bits per heavy atom. The number of hydrogen-bond acceptors (Lipinski definition) is 1. The monoisotopic (exact) mass is 258 g/mol. The third kappa shape index (κ3) is 2.68. The highest BCUT2D eigenvalue weighted by Crippen LogP contribution is 2.61. The van der Waals surface area contributed by atoms with Crippen LogP contribution in [0, 0.1) is 17.3 Å². The van der Waals surface area contributed by atoms with Crippen molar-refractivity contribution in [1.82, 2.24) is 0 Å². The Kier molecular flexibility index (Phi) is 3.34. The molecule has 2 nitrogen and oxygen atoms in total. The standard InChI is InChI=1S/C17H22O2/c18-16(19)17(11-14-10-15(14)12-17)9-5-4-8-13-6-2-1-3-7-13/h1-3,6-7,14-15H,4-5,8-12H2,(H,18,19). The third-order valence-corrected chi connectivity index (χ3v) is 5.04. The molecule has 102 valence electrons. The smallest absolute Gasteiger partial charge is 0.309 e. The molecule has 2 aliphatic carbocycles. The summed E-state index contributed by atoms with van der Waals surface area (Å²) in [4.78, 5) is 11.6. The van der Waals surface area contributed by atoms with Gasteiger partial charge in [0.05, 0.1) is 5.41 Å². The number of hydrogen-bond donors (Lipinski definition) is 1. The van der Waals surface area contributed by atoms with Gasteiger partial charge in [-0.3, -0.25) is 4.79 Å². The zero-order valence-corrected chi connectivity index (χ0v) is 11.3. The predicted octanol–water partition coefficient (Wildman–Crippen LogP) is 3.90. The Bertz CT molecular complexity index is 442. The van der Waals surface area contributed by atoms with Gasteiger partial charge >= 0.3 is 5.97 Å². The molecule has 0 amide bonds. The van der Waals surface area contributed by atoms with Crippen LogP contribution in [0.2, 0.25) is 0 Å². The minimum absolute atomic E-state index is 0.371. The van der Waals surface area contributed by atoms with E-state index in [1.165, 1.54) is 12.0 Å². The van der Waals surface area contributed by atoms with Crippen LogP contribution in [-0.2, 0) is 11.2 Å². The molecule has 1 N–H and O–H groups in total. The minimum Gasteiger partial charge on any atom is -0.481 e. The molecule has 0 saturated heterocycles. The Hall–Kier alpha value is -1.31. The molecule has 2 heteroatoms. The highest BCUT2D eigenvalue weighted by Gasteiger charge is 2.56. The fourth-order valence-electron chi connectivity index (χ4n) is 3.82. The van der Waals surface area contributed by atoms with Gasteiger partial charge in [-0.15, -0.1) is 0 Å². The zero-order chi connectivity index (χ0) is 13.3. The molecule has 0 spiro atoms.